The highest BCUT2D eigenvalue weighted by atomic mass is 16.8. The van der Waals surface area contributed by atoms with E-state index in [9.17, 15) is 117 Å². The van der Waals surface area contributed by atoms with Crippen molar-refractivity contribution in [1.82, 2.24) is 16.0 Å². The van der Waals surface area contributed by atoms with Gasteiger partial charge in [-0.2, -0.15) is 0 Å². The topological polar surface area (TPSA) is 621 Å². The number of ether oxygens (including phenoxy) is 14. The van der Waals surface area contributed by atoms with Gasteiger partial charge in [0.2, 0.25) is 17.7 Å². The second-order valence-corrected chi connectivity index (χ2v) is 35.2. The fourth-order valence-corrected chi connectivity index (χ4v) is 17.3. The predicted molar refractivity (Wildman–Crippen MR) is 453 cm³/mol. The van der Waals surface area contributed by atoms with Gasteiger partial charge in [0, 0.05) is 20.3 Å². The standard InChI is InChI=1S/C88H157N3O37/c1-6-8-10-12-14-16-18-20-21-22-23-24-25-26-27-29-31-33-35-37-39-41-60(101)91-52(53(100)40-38-36-34-32-30-28-19-17-15-13-11-9-7-2)48-115-84-73(112)70(109)77(58(46-96)122-84)124-88-74(113)80(65(104)55(43-93)119-88)127-82-61(89-50(4)98)67(106)76(57(45-95)120-82)123-87-75(114)81(66(105)56(44-94)118-87)128-83-62(90-51(5)99)79(126-85-71(110)68(107)63(102)49(3)116-85)78(59(47-97)121-83)125-86-72(111)69(108)64(103)54(42-92)117-86/h20-21,38,40,49,52-59,61-88,92-97,100,102-114H,6-19,22-37,39,41-48H2,1-5H3,(H,89,98)(H,90,99)(H,91,101)/b21-20-,40-38+/t49?,52-,53+,54?,55?,56?,57?,58?,59?,61?,62?,63+,64-,65-,66-,67+,68?,69-,70+,71-,72?,73?,74?,75?,76+,77+,78+,79+,80-,81-,82-,83-,84+,85+,86-,87-,88-/m0/s1. The Morgan fingerprint density at radius 2 is 0.648 bits per heavy atom. The van der Waals surface area contributed by atoms with Gasteiger partial charge in [0.25, 0.3) is 0 Å². The van der Waals surface area contributed by atoms with E-state index in [-0.39, 0.29) is 12.3 Å². The monoisotopic (exact) mass is 1850 g/mol. The van der Waals surface area contributed by atoms with E-state index < -0.39 is 285 Å². The van der Waals surface area contributed by atoms with Crippen LogP contribution in [0.2, 0.25) is 0 Å². The Morgan fingerprint density at radius 1 is 0.320 bits per heavy atom. The first-order valence-electron chi connectivity index (χ1n) is 47.0. The first-order valence-corrected chi connectivity index (χ1v) is 47.0. The molecule has 3 amide bonds. The molecule has 0 bridgehead atoms. The maximum absolute atomic E-state index is 13.6. The van der Waals surface area contributed by atoms with E-state index in [0.29, 0.717) is 12.8 Å². The number of hydrogen-bond acceptors (Lipinski definition) is 37. The van der Waals surface area contributed by atoms with Crippen LogP contribution in [-0.2, 0) is 80.7 Å². The van der Waals surface area contributed by atoms with Gasteiger partial charge in [-0.3, -0.25) is 14.4 Å². The molecule has 0 aliphatic carbocycles. The highest BCUT2D eigenvalue weighted by molar-refractivity contribution is 5.76. The van der Waals surface area contributed by atoms with Gasteiger partial charge in [-0.25, -0.2) is 0 Å². The van der Waals surface area contributed by atoms with Crippen molar-refractivity contribution in [3.63, 3.8) is 0 Å². The van der Waals surface area contributed by atoms with Crippen molar-refractivity contribution in [1.29, 1.82) is 0 Å². The number of nitrogens with one attached hydrogen (secondary N) is 3. The van der Waals surface area contributed by atoms with Crippen molar-refractivity contribution in [2.45, 2.75) is 467 Å². The molecule has 0 aromatic heterocycles. The lowest BCUT2D eigenvalue weighted by atomic mass is 9.93. The van der Waals surface area contributed by atoms with E-state index >= 15 is 0 Å². The van der Waals surface area contributed by atoms with Gasteiger partial charge in [-0.15, -0.1) is 0 Å². The van der Waals surface area contributed by atoms with Gasteiger partial charge < -0.3 is 184 Å². The van der Waals surface area contributed by atoms with Crippen molar-refractivity contribution in [2.24, 2.45) is 0 Å². The van der Waals surface area contributed by atoms with E-state index in [2.05, 4.69) is 41.9 Å². The molecule has 7 heterocycles. The van der Waals surface area contributed by atoms with Gasteiger partial charge in [-0.05, 0) is 51.9 Å². The lowest BCUT2D eigenvalue weighted by molar-refractivity contribution is -0.393. The van der Waals surface area contributed by atoms with E-state index in [1.54, 1.807) is 6.08 Å². The SMILES string of the molecule is CCCCCCCC/C=C\CCCCCCCCCCCCCC(=O)N[C@@H](CO[C@@H]1OC(CO)[C@@H](O[C@@H]2OC(CO)[C@H](O)[C@H](O[C@@H]3OC(CO)[C@@H](O[C@@H]4OC(CO)[C@H](O)[C@H](O[C@@H]5OC(CO)[C@@H](O[C@@H]6OC(CO)[C@H](O)[C@H](O)C6O)[C@H](O[C@H]6OC(C)[C@@H](O)C(O)[C@@H]6O)C5NC(C)=O)C4O)[C@H](O)C3NC(C)=O)C2O)[C@H](O)C1O)[C@H](O)/C=C/CCCCCCCCCCCCC. The summed E-state index contributed by atoms with van der Waals surface area (Å²) >= 11 is 0. The van der Waals surface area contributed by atoms with E-state index in [0.717, 1.165) is 78.1 Å². The molecule has 7 saturated heterocycles. The van der Waals surface area contributed by atoms with Crippen LogP contribution in [0.1, 0.15) is 240 Å². The summed E-state index contributed by atoms with van der Waals surface area (Å²) < 4.78 is 84.1. The molecule has 7 aliphatic heterocycles. The second kappa shape index (κ2) is 59.5. The van der Waals surface area contributed by atoms with Crippen LogP contribution < -0.4 is 16.0 Å². The van der Waals surface area contributed by atoms with Crippen LogP contribution >= 0.6 is 0 Å². The molecule has 7 rings (SSSR count). The Bertz CT molecular complexity index is 3070. The number of carbonyl (C=O) groups is 3. The second-order valence-electron chi connectivity index (χ2n) is 35.2. The third kappa shape index (κ3) is 33.8. The lowest BCUT2D eigenvalue weighted by Crippen LogP contribution is -2.71. The van der Waals surface area contributed by atoms with Gasteiger partial charge in [-0.1, -0.05) is 192 Å². The number of aliphatic hydroxyl groups is 20. The van der Waals surface area contributed by atoms with Crippen molar-refractivity contribution in [3.8, 4) is 0 Å². The van der Waals surface area contributed by atoms with Crippen molar-refractivity contribution in [3.05, 3.63) is 24.3 Å². The Balaban J connectivity index is 0.990. The Hall–Kier alpha value is -3.47. The molecule has 0 aromatic carbocycles. The molecule has 14 unspecified atom stereocenters. The highest BCUT2D eigenvalue weighted by Gasteiger charge is 2.60. The third-order valence-corrected chi connectivity index (χ3v) is 25.0. The lowest BCUT2D eigenvalue weighted by Gasteiger charge is -2.52. The average Bonchev–Trinajstić information content (AvgIpc) is 0.761. The minimum atomic E-state index is -2.34. The summed E-state index contributed by atoms with van der Waals surface area (Å²) in [7, 11) is 0. The van der Waals surface area contributed by atoms with Crippen LogP contribution in [0, 0.1) is 0 Å². The average molecular weight is 1850 g/mol. The van der Waals surface area contributed by atoms with Crippen LogP contribution in [0.25, 0.3) is 0 Å². The number of unbranched alkanes of at least 4 members (excludes halogenated alkanes) is 28. The maximum Gasteiger partial charge on any atom is 0.220 e. The number of rotatable bonds is 59. The van der Waals surface area contributed by atoms with Crippen LogP contribution in [0.3, 0.4) is 0 Å². The zero-order valence-electron chi connectivity index (χ0n) is 75.1. The van der Waals surface area contributed by atoms with Crippen LogP contribution in [0.5, 0.6) is 0 Å². The van der Waals surface area contributed by atoms with Crippen LogP contribution in [0.4, 0.5) is 0 Å². The third-order valence-electron chi connectivity index (χ3n) is 25.0. The smallest absolute Gasteiger partial charge is 0.220 e. The molecule has 7 aliphatic rings. The number of hydrogen-bond donors (Lipinski definition) is 23. The zero-order valence-corrected chi connectivity index (χ0v) is 75.1. The minimum absolute atomic E-state index is 0.160. The quantitative estimate of drug-likeness (QED) is 0.0244. The maximum atomic E-state index is 13.6. The normalized spacial score (nSPS) is 37.7. The molecule has 0 spiro atoms. The van der Waals surface area contributed by atoms with Crippen LogP contribution in [0.15, 0.2) is 24.3 Å². The summed E-state index contributed by atoms with van der Waals surface area (Å²) in [6.07, 6.45) is -22.1. The molecule has 0 radical (unpaired) electrons. The fraction of sp³-hybridized carbons (Fsp3) is 0.920. The van der Waals surface area contributed by atoms with E-state index in [1.807, 2.05) is 6.08 Å². The van der Waals surface area contributed by atoms with Gasteiger partial charge >= 0.3 is 0 Å². The molecule has 0 aromatic rings. The van der Waals surface area contributed by atoms with Crippen LogP contribution in [-0.4, -0.2) is 393 Å². The Morgan fingerprint density at radius 3 is 1.09 bits per heavy atom. The van der Waals surface area contributed by atoms with Gasteiger partial charge in [0.1, 0.15) is 165 Å². The molecule has 128 heavy (non-hydrogen) atoms. The first kappa shape index (κ1) is 112. The molecule has 40 heteroatoms. The van der Waals surface area contributed by atoms with Crippen molar-refractivity contribution < 1.29 is 183 Å². The molecular weight excluding hydrogens is 1690 g/mol. The van der Waals surface area contributed by atoms with E-state index in [4.69, 9.17) is 66.3 Å². The van der Waals surface area contributed by atoms with Crippen molar-refractivity contribution >= 4 is 17.7 Å². The summed E-state index contributed by atoms with van der Waals surface area (Å²) in [5.41, 5.74) is 0. The molecule has 23 N–H and O–H groups in total. The van der Waals surface area contributed by atoms with Crippen molar-refractivity contribution in [2.75, 3.05) is 46.2 Å². The summed E-state index contributed by atoms with van der Waals surface area (Å²) in [5, 5.41) is 232. The summed E-state index contributed by atoms with van der Waals surface area (Å²) in [5.74, 6) is -2.16. The minimum Gasteiger partial charge on any atom is -0.394 e. The number of carbonyl (C=O) groups excluding carboxylic acids is 3. The molecule has 7 fully saturated rings. The fourth-order valence-electron chi connectivity index (χ4n) is 17.3. The molecule has 37 atom stereocenters. The first-order chi connectivity index (χ1) is 61.5. The molecule has 746 valence electrons. The largest absolute Gasteiger partial charge is 0.394 e. The number of allylic oxidation sites excluding steroid dienone is 3. The zero-order chi connectivity index (χ0) is 93.5. The summed E-state index contributed by atoms with van der Waals surface area (Å²) in [4.78, 5) is 40.0. The van der Waals surface area contributed by atoms with Gasteiger partial charge in [0.15, 0.2) is 44.0 Å². The highest BCUT2D eigenvalue weighted by Crippen LogP contribution is 2.40. The Kier molecular flexibility index (Phi) is 51.9. The molecular formula is C88H157N3O37. The number of amides is 3. The molecule has 0 saturated carbocycles. The summed E-state index contributed by atoms with van der Waals surface area (Å²) in [6, 6.07) is -4.86. The Labute approximate surface area is 751 Å². The molecule has 40 nitrogen and oxygen atoms in total. The van der Waals surface area contributed by atoms with E-state index in [1.165, 1.54) is 129 Å². The predicted octanol–water partition coefficient (Wildman–Crippen LogP) is -1.46. The van der Waals surface area contributed by atoms with Gasteiger partial charge in [0.05, 0.1) is 64.5 Å². The summed E-state index contributed by atoms with van der Waals surface area (Å²) in [6.45, 7) is 0.995. The number of aliphatic hydroxyl groups excluding tert-OH is 20.